The molecule has 4 aromatic carbocycles. The van der Waals surface area contributed by atoms with Crippen LogP contribution in [0.3, 0.4) is 0 Å². The van der Waals surface area contributed by atoms with E-state index in [1.54, 1.807) is 37.3 Å². The maximum absolute atomic E-state index is 14.5. The van der Waals surface area contributed by atoms with Crippen molar-refractivity contribution in [1.29, 1.82) is 0 Å². The smallest absolute Gasteiger partial charge is 0.419 e. The van der Waals surface area contributed by atoms with Crippen molar-refractivity contribution in [2.24, 2.45) is 0 Å². The van der Waals surface area contributed by atoms with Crippen LogP contribution < -0.4 is 10.6 Å². The lowest BCUT2D eigenvalue weighted by molar-refractivity contribution is -0.141. The number of aliphatic carboxylic acids is 2. The molecular weight excluding hydrogens is 676 g/mol. The van der Waals surface area contributed by atoms with Crippen LogP contribution in [0.15, 0.2) is 60.7 Å². The molecule has 6 nitrogen and oxygen atoms in total. The van der Waals surface area contributed by atoms with E-state index in [0.717, 1.165) is 11.1 Å². The van der Waals surface area contributed by atoms with Gasteiger partial charge in [-0.2, -0.15) is 26.3 Å². The summed E-state index contributed by atoms with van der Waals surface area (Å²) in [6.45, 7) is 6.35. The number of hydrogen-bond acceptors (Lipinski definition) is 4. The Morgan fingerprint density at radius 3 is 1.54 bits per heavy atom. The van der Waals surface area contributed by atoms with Crippen LogP contribution in [0.5, 0.6) is 0 Å². The van der Waals surface area contributed by atoms with Gasteiger partial charge in [0.2, 0.25) is 0 Å². The molecule has 0 aliphatic carbocycles. The molecule has 0 aliphatic rings. The van der Waals surface area contributed by atoms with Gasteiger partial charge in [-0.1, -0.05) is 55.8 Å². The van der Waals surface area contributed by atoms with Crippen molar-refractivity contribution < 1.29 is 54.9 Å². The number of aryl methyl sites for hydroxylation is 4. The lowest BCUT2D eigenvalue weighted by Crippen LogP contribution is -2.14. The molecule has 0 saturated carbocycles. The van der Waals surface area contributed by atoms with E-state index in [9.17, 15) is 44.7 Å². The van der Waals surface area contributed by atoms with E-state index in [1.165, 1.54) is 44.2 Å². The van der Waals surface area contributed by atoms with Gasteiger partial charge in [0.15, 0.2) is 11.6 Å². The van der Waals surface area contributed by atoms with Crippen LogP contribution in [0.2, 0.25) is 0 Å². The Kier molecular flexibility index (Phi) is 12.6. The Bertz CT molecular complexity index is 1870. The van der Waals surface area contributed by atoms with Crippen molar-refractivity contribution in [3.63, 3.8) is 0 Å². The quantitative estimate of drug-likeness (QED) is 0.122. The molecule has 0 saturated heterocycles. The average molecular weight is 711 g/mol. The molecule has 0 unspecified atom stereocenters. The largest absolute Gasteiger partial charge is 0.481 e. The normalized spacial score (nSPS) is 11.4. The van der Waals surface area contributed by atoms with Crippen molar-refractivity contribution in [1.82, 2.24) is 0 Å². The second-order valence-corrected chi connectivity index (χ2v) is 11.3. The van der Waals surface area contributed by atoms with Gasteiger partial charge in [0.05, 0.1) is 35.3 Å². The highest BCUT2D eigenvalue weighted by Crippen LogP contribution is 2.39. The molecule has 0 atom stereocenters. The number of carboxylic acid groups (broad SMARTS) is 2. The Hall–Kier alpha value is -5.14. The van der Waals surface area contributed by atoms with Crippen molar-refractivity contribution in [3.8, 4) is 0 Å². The topological polar surface area (TPSA) is 98.7 Å². The Labute approximate surface area is 282 Å². The predicted octanol–water partition coefficient (Wildman–Crippen LogP) is 10.2. The highest BCUT2D eigenvalue weighted by molar-refractivity contribution is 5.76. The fourth-order valence-electron chi connectivity index (χ4n) is 5.17. The number of halogens is 8. The van der Waals surface area contributed by atoms with Gasteiger partial charge in [-0.25, -0.2) is 8.78 Å². The SMILES string of the molecule is CCc1ccc(Nc2ccc(CC)c(C(F)(F)F)c2F)c(CC(=O)O)c1.Cc1ccc(Nc2ccc(C)c(C(F)(F)F)c2F)c(CC(=O)O)c1. The van der Waals surface area contributed by atoms with E-state index < -0.39 is 47.1 Å². The first kappa shape index (κ1) is 39.3. The van der Waals surface area contributed by atoms with Gasteiger partial charge in [0.25, 0.3) is 0 Å². The van der Waals surface area contributed by atoms with Crippen LogP contribution in [0.4, 0.5) is 57.9 Å². The van der Waals surface area contributed by atoms with E-state index in [-0.39, 0.29) is 53.1 Å². The summed E-state index contributed by atoms with van der Waals surface area (Å²) in [7, 11) is 0. The summed E-state index contributed by atoms with van der Waals surface area (Å²) < 4.78 is 107. The molecule has 0 amide bonds. The molecule has 50 heavy (non-hydrogen) atoms. The van der Waals surface area contributed by atoms with Crippen LogP contribution in [0.25, 0.3) is 0 Å². The average Bonchev–Trinajstić information content (AvgIpc) is 2.99. The maximum Gasteiger partial charge on any atom is 0.419 e. The zero-order valence-electron chi connectivity index (χ0n) is 27.3. The lowest BCUT2D eigenvalue weighted by atomic mass is 10.0. The Balaban J connectivity index is 0.000000271. The molecule has 0 fully saturated rings. The first-order chi connectivity index (χ1) is 23.3. The summed E-state index contributed by atoms with van der Waals surface area (Å²) in [5.74, 6) is -4.98. The molecule has 0 bridgehead atoms. The van der Waals surface area contributed by atoms with E-state index in [0.29, 0.717) is 17.5 Å². The zero-order chi connectivity index (χ0) is 37.6. The third-order valence-electron chi connectivity index (χ3n) is 7.59. The molecular formula is C36H34F8N2O4. The van der Waals surface area contributed by atoms with Gasteiger partial charge in [-0.05, 0) is 78.8 Å². The van der Waals surface area contributed by atoms with Crippen molar-refractivity contribution in [2.45, 2.75) is 65.7 Å². The maximum atomic E-state index is 14.5. The molecule has 0 spiro atoms. The van der Waals surface area contributed by atoms with E-state index in [2.05, 4.69) is 10.6 Å². The fraction of sp³-hybridized carbons (Fsp3) is 0.278. The van der Waals surface area contributed by atoms with Crippen molar-refractivity contribution >= 4 is 34.7 Å². The van der Waals surface area contributed by atoms with Crippen LogP contribution >= 0.6 is 0 Å². The molecule has 0 aliphatic heterocycles. The first-order valence-corrected chi connectivity index (χ1v) is 15.2. The van der Waals surface area contributed by atoms with E-state index in [4.69, 9.17) is 10.2 Å². The second-order valence-electron chi connectivity index (χ2n) is 11.3. The van der Waals surface area contributed by atoms with Gasteiger partial charge in [-0.3, -0.25) is 9.59 Å². The summed E-state index contributed by atoms with van der Waals surface area (Å²) in [5, 5.41) is 23.2. The summed E-state index contributed by atoms with van der Waals surface area (Å²) in [6, 6.07) is 14.5. The summed E-state index contributed by atoms with van der Waals surface area (Å²) in [5.41, 5.74) is -0.766. The molecule has 4 aromatic rings. The van der Waals surface area contributed by atoms with Gasteiger partial charge in [-0.15, -0.1) is 0 Å². The summed E-state index contributed by atoms with van der Waals surface area (Å²) in [6.07, 6.45) is -9.57. The number of nitrogens with one attached hydrogen (secondary N) is 2. The van der Waals surface area contributed by atoms with Gasteiger partial charge in [0, 0.05) is 11.4 Å². The molecule has 0 heterocycles. The number of carboxylic acids is 2. The summed E-state index contributed by atoms with van der Waals surface area (Å²) >= 11 is 0. The van der Waals surface area contributed by atoms with Crippen LogP contribution in [0, 0.1) is 25.5 Å². The van der Waals surface area contributed by atoms with Crippen LogP contribution in [0.1, 0.15) is 58.4 Å². The zero-order valence-corrected chi connectivity index (χ0v) is 27.3. The predicted molar refractivity (Wildman–Crippen MR) is 173 cm³/mol. The number of carbonyl (C=O) groups is 2. The highest BCUT2D eigenvalue weighted by atomic mass is 19.4. The monoisotopic (exact) mass is 710 g/mol. The molecule has 4 rings (SSSR count). The standard InChI is InChI=1S/C19H19F4NO2.C17H15F4NO2/c1-3-11-5-7-14(13(9-11)10-16(25)26)24-15-8-6-12(4-2)17(18(15)20)19(21,22)23;1-9-3-5-12(11(7-9)8-14(23)24)22-13-6-4-10(2)15(16(13)18)17(19,20)21/h5-9,24H,3-4,10H2,1-2H3,(H,25,26);3-7,22H,8H2,1-2H3,(H,23,24). The van der Waals surface area contributed by atoms with E-state index in [1.807, 2.05) is 6.92 Å². The van der Waals surface area contributed by atoms with Crippen LogP contribution in [-0.4, -0.2) is 22.2 Å². The Morgan fingerprint density at radius 2 is 1.06 bits per heavy atom. The molecule has 14 heteroatoms. The minimum absolute atomic E-state index is 0.0432. The minimum Gasteiger partial charge on any atom is -0.481 e. The van der Waals surface area contributed by atoms with Crippen molar-refractivity contribution in [3.05, 3.63) is 117 Å². The fourth-order valence-corrected chi connectivity index (χ4v) is 5.17. The number of hydrogen-bond donors (Lipinski definition) is 4. The number of benzene rings is 4. The first-order valence-electron chi connectivity index (χ1n) is 15.2. The minimum atomic E-state index is -4.82. The number of alkyl halides is 6. The van der Waals surface area contributed by atoms with Gasteiger partial charge >= 0.3 is 24.3 Å². The van der Waals surface area contributed by atoms with Crippen LogP contribution in [-0.2, 0) is 47.6 Å². The lowest BCUT2D eigenvalue weighted by Gasteiger charge is -2.18. The Morgan fingerprint density at radius 1 is 0.600 bits per heavy atom. The third-order valence-corrected chi connectivity index (χ3v) is 7.59. The summed E-state index contributed by atoms with van der Waals surface area (Å²) in [4.78, 5) is 22.0. The van der Waals surface area contributed by atoms with E-state index >= 15 is 0 Å². The van der Waals surface area contributed by atoms with Crippen molar-refractivity contribution in [2.75, 3.05) is 10.6 Å². The molecule has 0 radical (unpaired) electrons. The molecule has 4 N–H and O–H groups in total. The van der Waals surface area contributed by atoms with Gasteiger partial charge in [0.1, 0.15) is 0 Å². The third kappa shape index (κ3) is 9.95. The number of anilines is 4. The molecule has 0 aromatic heterocycles. The molecule has 268 valence electrons. The number of rotatable bonds is 10. The van der Waals surface area contributed by atoms with Gasteiger partial charge < -0.3 is 20.8 Å². The highest BCUT2D eigenvalue weighted by Gasteiger charge is 2.38. The second kappa shape index (κ2) is 16.0.